The number of rotatable bonds is 5. The van der Waals surface area contributed by atoms with Crippen LogP contribution in [0.3, 0.4) is 0 Å². The molecule has 1 aromatic carbocycles. The van der Waals surface area contributed by atoms with E-state index in [1.807, 2.05) is 40.4 Å². The number of hydrogen-bond donors (Lipinski definition) is 1. The van der Waals surface area contributed by atoms with Crippen molar-refractivity contribution in [3.63, 3.8) is 0 Å². The van der Waals surface area contributed by atoms with E-state index in [1.165, 1.54) is 0 Å². The summed E-state index contributed by atoms with van der Waals surface area (Å²) in [7, 11) is 1.63. The first kappa shape index (κ1) is 13.0. The fraction of sp³-hybridized carbons (Fsp3) is 0.214. The quantitative estimate of drug-likeness (QED) is 0.783. The number of ether oxygens (including phenoxy) is 2. The van der Waals surface area contributed by atoms with E-state index < -0.39 is 0 Å². The first-order valence-corrected chi connectivity index (χ1v) is 7.09. The summed E-state index contributed by atoms with van der Waals surface area (Å²) in [6.45, 7) is 0.839. The van der Waals surface area contributed by atoms with Gasteiger partial charge in [0.2, 0.25) is 0 Å². The lowest BCUT2D eigenvalue weighted by Gasteiger charge is -2.11. The highest BCUT2D eigenvalue weighted by Crippen LogP contribution is 2.25. The Morgan fingerprint density at radius 1 is 1.40 bits per heavy atom. The molecule has 2 aromatic heterocycles. The number of fused-ring (bicyclic) bond motifs is 1. The summed E-state index contributed by atoms with van der Waals surface area (Å²) < 4.78 is 13.0. The fourth-order valence-electron chi connectivity index (χ4n) is 1.96. The summed E-state index contributed by atoms with van der Waals surface area (Å²) in [4.78, 5) is 5.45. The first-order valence-electron chi connectivity index (χ1n) is 6.21. The maximum absolute atomic E-state index is 5.82. The van der Waals surface area contributed by atoms with Crippen LogP contribution in [0, 0.1) is 0 Å². The number of methoxy groups -OCH3 is 1. The largest absolute Gasteiger partial charge is 0.497 e. The van der Waals surface area contributed by atoms with Crippen molar-refractivity contribution < 1.29 is 9.47 Å². The molecule has 0 radical (unpaired) electrons. The van der Waals surface area contributed by atoms with Crippen molar-refractivity contribution in [1.82, 2.24) is 9.38 Å². The van der Waals surface area contributed by atoms with Gasteiger partial charge in [0.25, 0.3) is 0 Å². The van der Waals surface area contributed by atoms with Crippen LogP contribution in [0.5, 0.6) is 11.5 Å². The Morgan fingerprint density at radius 2 is 2.30 bits per heavy atom. The zero-order chi connectivity index (χ0) is 13.9. The molecule has 0 aliphatic rings. The summed E-state index contributed by atoms with van der Waals surface area (Å²) in [5, 5.41) is 2.00. The number of nitrogens with two attached hydrogens (primary N) is 1. The zero-order valence-electron chi connectivity index (χ0n) is 11.1. The van der Waals surface area contributed by atoms with E-state index >= 15 is 0 Å². The Labute approximate surface area is 120 Å². The topological polar surface area (TPSA) is 61.8 Å². The lowest BCUT2D eigenvalue weighted by molar-refractivity contribution is 0.296. The van der Waals surface area contributed by atoms with Crippen LogP contribution in [-0.4, -0.2) is 16.5 Å². The smallest absolute Gasteiger partial charge is 0.193 e. The molecule has 0 aliphatic heterocycles. The second kappa shape index (κ2) is 5.52. The minimum atomic E-state index is 0.411. The molecule has 6 heteroatoms. The lowest BCUT2D eigenvalue weighted by atomic mass is 10.2. The van der Waals surface area contributed by atoms with Crippen LogP contribution in [0.25, 0.3) is 4.96 Å². The van der Waals surface area contributed by atoms with Gasteiger partial charge in [-0.3, -0.25) is 4.40 Å². The third-order valence-electron chi connectivity index (χ3n) is 3.01. The molecule has 0 saturated carbocycles. The van der Waals surface area contributed by atoms with Gasteiger partial charge in [-0.25, -0.2) is 4.98 Å². The van der Waals surface area contributed by atoms with E-state index in [2.05, 4.69) is 4.98 Å². The highest BCUT2D eigenvalue weighted by molar-refractivity contribution is 7.15. The average molecular weight is 289 g/mol. The van der Waals surface area contributed by atoms with E-state index in [1.54, 1.807) is 18.4 Å². The second-order valence-corrected chi connectivity index (χ2v) is 5.16. The molecule has 2 heterocycles. The van der Waals surface area contributed by atoms with Gasteiger partial charge in [-0.15, -0.1) is 11.3 Å². The molecule has 5 nitrogen and oxygen atoms in total. The summed E-state index contributed by atoms with van der Waals surface area (Å²) in [6, 6.07) is 5.64. The number of thiazole rings is 1. The molecule has 0 amide bonds. The van der Waals surface area contributed by atoms with Gasteiger partial charge >= 0.3 is 0 Å². The Balaban J connectivity index is 1.78. The minimum Gasteiger partial charge on any atom is -0.497 e. The molecule has 0 saturated heterocycles. The minimum absolute atomic E-state index is 0.411. The first-order chi connectivity index (χ1) is 9.80. The van der Waals surface area contributed by atoms with Crippen LogP contribution in [0.15, 0.2) is 36.0 Å². The Morgan fingerprint density at radius 3 is 3.05 bits per heavy atom. The van der Waals surface area contributed by atoms with Crippen molar-refractivity contribution in [2.45, 2.75) is 13.2 Å². The van der Waals surface area contributed by atoms with Crippen molar-refractivity contribution >= 4 is 16.3 Å². The van der Waals surface area contributed by atoms with Crippen molar-refractivity contribution in [3.05, 3.63) is 47.2 Å². The molecule has 0 bridgehead atoms. The molecule has 0 aliphatic carbocycles. The average Bonchev–Trinajstić information content (AvgIpc) is 3.05. The number of benzene rings is 1. The zero-order valence-corrected chi connectivity index (χ0v) is 11.9. The van der Waals surface area contributed by atoms with Crippen molar-refractivity contribution in [1.29, 1.82) is 0 Å². The van der Waals surface area contributed by atoms with Gasteiger partial charge in [-0.05, 0) is 6.07 Å². The number of nitrogens with zero attached hydrogens (tertiary/aromatic N) is 2. The molecule has 0 spiro atoms. The van der Waals surface area contributed by atoms with Gasteiger partial charge < -0.3 is 15.2 Å². The standard InChI is InChI=1S/C14H15N3O2S/c1-18-12-3-2-10(7-15)13(6-12)19-9-11-8-17-4-5-20-14(17)16-11/h2-6,8H,7,9,15H2,1H3. The molecule has 2 N–H and O–H groups in total. The maximum atomic E-state index is 5.82. The van der Waals surface area contributed by atoms with E-state index in [-0.39, 0.29) is 0 Å². The van der Waals surface area contributed by atoms with E-state index in [9.17, 15) is 0 Å². The van der Waals surface area contributed by atoms with Crippen LogP contribution in [0.4, 0.5) is 0 Å². The highest BCUT2D eigenvalue weighted by Gasteiger charge is 2.07. The van der Waals surface area contributed by atoms with Crippen LogP contribution >= 0.6 is 11.3 Å². The summed E-state index contributed by atoms with van der Waals surface area (Å²) in [5.41, 5.74) is 7.56. The Kier molecular flexibility index (Phi) is 3.58. The normalized spacial score (nSPS) is 10.9. The molecular weight excluding hydrogens is 274 g/mol. The van der Waals surface area contributed by atoms with Gasteiger partial charge in [0, 0.05) is 35.9 Å². The van der Waals surface area contributed by atoms with Gasteiger partial charge in [-0.1, -0.05) is 6.07 Å². The predicted molar refractivity (Wildman–Crippen MR) is 78.3 cm³/mol. The van der Waals surface area contributed by atoms with E-state index in [0.29, 0.717) is 13.2 Å². The molecule has 104 valence electrons. The van der Waals surface area contributed by atoms with Crippen molar-refractivity contribution in [3.8, 4) is 11.5 Å². The van der Waals surface area contributed by atoms with Crippen LogP contribution < -0.4 is 15.2 Å². The second-order valence-electron chi connectivity index (χ2n) is 4.29. The molecule has 0 unspecified atom stereocenters. The fourth-order valence-corrected chi connectivity index (χ4v) is 2.68. The van der Waals surface area contributed by atoms with Crippen molar-refractivity contribution in [2.75, 3.05) is 7.11 Å². The maximum Gasteiger partial charge on any atom is 0.193 e. The molecule has 0 atom stereocenters. The lowest BCUT2D eigenvalue weighted by Crippen LogP contribution is -2.03. The number of aromatic nitrogens is 2. The van der Waals surface area contributed by atoms with E-state index in [4.69, 9.17) is 15.2 Å². The molecular formula is C14H15N3O2S. The highest BCUT2D eigenvalue weighted by atomic mass is 32.1. The van der Waals surface area contributed by atoms with Crippen LogP contribution in [-0.2, 0) is 13.2 Å². The molecule has 0 fully saturated rings. The van der Waals surface area contributed by atoms with Gasteiger partial charge in [0.1, 0.15) is 18.1 Å². The predicted octanol–water partition coefficient (Wildman–Crippen LogP) is 2.44. The summed E-state index contributed by atoms with van der Waals surface area (Å²) in [6.07, 6.45) is 3.95. The van der Waals surface area contributed by atoms with Crippen molar-refractivity contribution in [2.24, 2.45) is 5.73 Å². The van der Waals surface area contributed by atoms with Crippen LogP contribution in [0.2, 0.25) is 0 Å². The Hall–Kier alpha value is -2.05. The Bertz CT molecular complexity index is 692. The SMILES string of the molecule is COc1ccc(CN)c(OCc2cn3ccsc3n2)c1. The van der Waals surface area contributed by atoms with Gasteiger partial charge in [0.15, 0.2) is 4.96 Å². The van der Waals surface area contributed by atoms with Crippen LogP contribution in [0.1, 0.15) is 11.3 Å². The summed E-state index contributed by atoms with van der Waals surface area (Å²) >= 11 is 1.60. The third kappa shape index (κ3) is 2.48. The monoisotopic (exact) mass is 289 g/mol. The van der Waals surface area contributed by atoms with Gasteiger partial charge in [-0.2, -0.15) is 0 Å². The molecule has 3 rings (SSSR count). The molecule has 3 aromatic rings. The van der Waals surface area contributed by atoms with Gasteiger partial charge in [0.05, 0.1) is 12.8 Å². The molecule has 20 heavy (non-hydrogen) atoms. The van der Waals surface area contributed by atoms with E-state index in [0.717, 1.165) is 27.7 Å². The summed E-state index contributed by atoms with van der Waals surface area (Å²) in [5.74, 6) is 1.49. The number of imidazole rings is 1. The number of hydrogen-bond acceptors (Lipinski definition) is 5. The third-order valence-corrected chi connectivity index (χ3v) is 3.78.